The van der Waals surface area contributed by atoms with Crippen molar-refractivity contribution in [2.75, 3.05) is 0 Å². The molecule has 0 aliphatic carbocycles. The molecule has 0 rings (SSSR count). The van der Waals surface area contributed by atoms with E-state index in [9.17, 15) is 19.2 Å². The van der Waals surface area contributed by atoms with Crippen LogP contribution in [0.15, 0.2) is 0 Å². The average molecular weight is 321 g/mol. The summed E-state index contributed by atoms with van der Waals surface area (Å²) in [6.45, 7) is 0. The number of carboxylic acid groups (broad SMARTS) is 4. The molecule has 0 amide bonds. The third-order valence-electron chi connectivity index (χ3n) is 1.91. The Balaban J connectivity index is -0.000000657. The molecule has 3 atom stereocenters. The molecule has 4 N–H and O–H groups in total. The molecule has 20 heavy (non-hydrogen) atoms. The van der Waals surface area contributed by atoms with Crippen LogP contribution in [0.4, 0.5) is 0 Å². The number of carboxylic acids is 4. The zero-order valence-corrected chi connectivity index (χ0v) is 13.3. The molecule has 0 aromatic heterocycles. The number of hydrogen-bond acceptors (Lipinski definition) is 6. The predicted molar refractivity (Wildman–Crippen MR) is 55.8 cm³/mol. The number of carbonyl (C=O) groups is 4. The van der Waals surface area contributed by atoms with E-state index in [0.29, 0.717) is 0 Å². The van der Waals surface area contributed by atoms with Gasteiger partial charge in [0.15, 0.2) is 0 Å². The van der Waals surface area contributed by atoms with Gasteiger partial charge in [0.05, 0.1) is 24.7 Å². The van der Waals surface area contributed by atoms with Crippen molar-refractivity contribution in [1.82, 2.24) is 0 Å². The van der Waals surface area contributed by atoms with Crippen molar-refractivity contribution in [3.63, 3.8) is 0 Å². The summed E-state index contributed by atoms with van der Waals surface area (Å²) in [5.74, 6) is -9.79. The van der Waals surface area contributed by atoms with E-state index in [1.807, 2.05) is 0 Å². The maximum Gasteiger partial charge on any atom is 1.00 e. The molecule has 0 aliphatic rings. The largest absolute Gasteiger partial charge is 1.00 e. The number of aliphatic carboxylic acids is 4. The van der Waals surface area contributed by atoms with Crippen LogP contribution in [0, 0.1) is 11.8 Å². The van der Waals surface area contributed by atoms with E-state index in [2.05, 4.69) is 0 Å². The third-order valence-corrected chi connectivity index (χ3v) is 1.91. The molecule has 0 bridgehead atoms. The van der Waals surface area contributed by atoms with E-state index < -0.39 is 57.2 Å². The Kier molecular flexibility index (Phi) is 15.5. The second-order valence-corrected chi connectivity index (χ2v) is 3.34. The summed E-state index contributed by atoms with van der Waals surface area (Å²) in [6.07, 6.45) is -1.86. The van der Waals surface area contributed by atoms with E-state index in [0.717, 1.165) is 0 Å². The first-order valence-electron chi connectivity index (χ1n) is 4.55. The van der Waals surface area contributed by atoms with Crippen LogP contribution in [0.25, 0.3) is 0 Å². The maximum atomic E-state index is 10.6. The Morgan fingerprint density at radius 1 is 0.850 bits per heavy atom. The summed E-state index contributed by atoms with van der Waals surface area (Å²) in [6, 6.07) is 0. The fraction of sp³-hybridized carbons (Fsp3) is 0.500. The molecule has 0 heterocycles. The van der Waals surface area contributed by atoms with Crippen molar-refractivity contribution in [1.29, 1.82) is 0 Å². The second-order valence-electron chi connectivity index (χ2n) is 3.17. The van der Waals surface area contributed by atoms with Crippen LogP contribution in [-0.4, -0.2) is 44.3 Å². The molecular formula is C8H11NaO10P+. The molecule has 0 fully saturated rings. The maximum absolute atomic E-state index is 10.6. The van der Waals surface area contributed by atoms with Gasteiger partial charge in [0.1, 0.15) is 0 Å². The monoisotopic (exact) mass is 321 g/mol. The average Bonchev–Trinajstić information content (AvgIpc) is 2.22. The van der Waals surface area contributed by atoms with E-state index in [-0.39, 0.29) is 29.6 Å². The molecule has 12 heteroatoms. The summed E-state index contributed by atoms with van der Waals surface area (Å²) in [7, 11) is -1.42. The SMILES string of the molecule is O=C(O)CC(C(=O)O)C(CC(=O)O)C(=O)O.O=[PH+][O-].[Na+]. The molecule has 0 aromatic rings. The molecule has 0 aliphatic heterocycles. The van der Waals surface area contributed by atoms with Gasteiger partial charge in [-0.25, -0.2) is 0 Å². The quantitative estimate of drug-likeness (QED) is 0.263. The Labute approximate surface area is 136 Å². The first kappa shape index (κ1) is 24.0. The van der Waals surface area contributed by atoms with E-state index in [1.165, 1.54) is 0 Å². The topological polar surface area (TPSA) is 189 Å². The minimum absolute atomic E-state index is 0. The van der Waals surface area contributed by atoms with Gasteiger partial charge in [0.25, 0.3) is 8.69 Å². The van der Waals surface area contributed by atoms with Gasteiger partial charge < -0.3 is 25.3 Å². The van der Waals surface area contributed by atoms with Crippen LogP contribution < -0.4 is 34.5 Å². The molecule has 3 unspecified atom stereocenters. The van der Waals surface area contributed by atoms with Crippen LogP contribution in [0.2, 0.25) is 0 Å². The molecule has 10 nitrogen and oxygen atoms in total. The molecule has 0 saturated carbocycles. The van der Waals surface area contributed by atoms with Crippen LogP contribution >= 0.6 is 8.69 Å². The number of hydrogen-bond donors (Lipinski definition) is 4. The Hall–Kier alpha value is -1.06. The van der Waals surface area contributed by atoms with E-state index >= 15 is 0 Å². The van der Waals surface area contributed by atoms with Crippen molar-refractivity contribution in [3.8, 4) is 0 Å². The summed E-state index contributed by atoms with van der Waals surface area (Å²) in [5, 5.41) is 34.1. The summed E-state index contributed by atoms with van der Waals surface area (Å²) in [5.41, 5.74) is 0. The van der Waals surface area contributed by atoms with Gasteiger partial charge in [-0.05, 0) is 0 Å². The normalized spacial score (nSPS) is 12.1. The van der Waals surface area contributed by atoms with Gasteiger partial charge in [-0.15, -0.1) is 0 Å². The minimum Gasteiger partial charge on any atom is -0.597 e. The summed E-state index contributed by atoms with van der Waals surface area (Å²) < 4.78 is 8.40. The standard InChI is InChI=1S/C8H10O8.Na.HO2P/c9-5(10)1-3(7(13)14)4(8(15)16)2-6(11)12;;1-3-2/h3-4H,1-2H2,(H,9,10)(H,11,12)(H,13,14)(H,15,16);;3H/q;+1;. The fourth-order valence-electron chi connectivity index (χ4n) is 1.18. The van der Waals surface area contributed by atoms with Gasteiger partial charge in [-0.2, -0.15) is 0 Å². The molecular weight excluding hydrogens is 310 g/mol. The van der Waals surface area contributed by atoms with Crippen molar-refractivity contribution in [3.05, 3.63) is 0 Å². The zero-order chi connectivity index (χ0) is 15.6. The van der Waals surface area contributed by atoms with Gasteiger partial charge in [-0.3, -0.25) is 19.2 Å². The molecule has 0 radical (unpaired) electrons. The second kappa shape index (κ2) is 12.9. The molecule has 0 saturated heterocycles. The Bertz CT molecular complexity index is 338. The number of rotatable bonds is 7. The van der Waals surface area contributed by atoms with Gasteiger partial charge in [-0.1, -0.05) is 4.57 Å². The van der Waals surface area contributed by atoms with Crippen LogP contribution in [0.1, 0.15) is 12.8 Å². The fourth-order valence-corrected chi connectivity index (χ4v) is 1.18. The Morgan fingerprint density at radius 3 is 1.15 bits per heavy atom. The van der Waals surface area contributed by atoms with Crippen molar-refractivity contribution in [2.24, 2.45) is 11.8 Å². The van der Waals surface area contributed by atoms with Crippen LogP contribution in [-0.2, 0) is 23.7 Å². The zero-order valence-electron chi connectivity index (χ0n) is 10.3. The predicted octanol–water partition coefficient (Wildman–Crippen LogP) is -4.37. The van der Waals surface area contributed by atoms with E-state index in [4.69, 9.17) is 29.9 Å². The first-order chi connectivity index (χ1) is 8.67. The van der Waals surface area contributed by atoms with E-state index in [1.54, 1.807) is 0 Å². The van der Waals surface area contributed by atoms with Gasteiger partial charge in [0.2, 0.25) is 0 Å². The van der Waals surface area contributed by atoms with Crippen LogP contribution in [0.5, 0.6) is 0 Å². The van der Waals surface area contributed by atoms with Crippen molar-refractivity contribution in [2.45, 2.75) is 12.8 Å². The van der Waals surface area contributed by atoms with Crippen molar-refractivity contribution >= 4 is 32.6 Å². The molecule has 0 aromatic carbocycles. The van der Waals surface area contributed by atoms with Gasteiger partial charge in [0, 0.05) is 0 Å². The first-order valence-corrected chi connectivity index (χ1v) is 5.37. The summed E-state index contributed by atoms with van der Waals surface area (Å²) >= 11 is 0. The van der Waals surface area contributed by atoms with Crippen molar-refractivity contribution < 1.29 is 78.6 Å². The van der Waals surface area contributed by atoms with Gasteiger partial charge >= 0.3 is 53.4 Å². The molecule has 108 valence electrons. The smallest absolute Gasteiger partial charge is 0.597 e. The minimum atomic E-state index is -1.76. The summed E-state index contributed by atoms with van der Waals surface area (Å²) in [4.78, 5) is 50.3. The Morgan fingerprint density at radius 2 is 1.05 bits per heavy atom. The van der Waals surface area contributed by atoms with Crippen LogP contribution in [0.3, 0.4) is 0 Å². The third kappa shape index (κ3) is 12.0. The molecule has 0 spiro atoms.